The molecule has 23 heavy (non-hydrogen) atoms. The van der Waals surface area contributed by atoms with Gasteiger partial charge in [0.2, 0.25) is 0 Å². The Hall–Kier alpha value is -2.02. The zero-order chi connectivity index (χ0) is 16.4. The third-order valence-corrected chi connectivity index (χ3v) is 3.86. The molecule has 4 nitrogen and oxygen atoms in total. The Kier molecular flexibility index (Phi) is 4.30. The monoisotopic (exact) mass is 325 g/mol. The highest BCUT2D eigenvalue weighted by molar-refractivity contribution is 5.59. The molecule has 0 radical (unpaired) electrons. The Bertz CT molecular complexity index is 694. The second kappa shape index (κ2) is 6.23. The Balaban J connectivity index is 2.03. The van der Waals surface area contributed by atoms with Gasteiger partial charge in [-0.3, -0.25) is 0 Å². The van der Waals surface area contributed by atoms with Gasteiger partial charge in [-0.1, -0.05) is 12.1 Å². The van der Waals surface area contributed by atoms with Crippen LogP contribution in [0, 0.1) is 0 Å². The minimum Gasteiger partial charge on any atom is -0.381 e. The molecule has 1 aliphatic rings. The topological polar surface area (TPSA) is 39.1 Å². The lowest BCUT2D eigenvalue weighted by molar-refractivity contribution is -0.137. The van der Waals surface area contributed by atoms with Crippen LogP contribution in [0.3, 0.4) is 0 Å². The summed E-state index contributed by atoms with van der Waals surface area (Å²) in [5.74, 6) is 0.660. The maximum atomic E-state index is 13.3. The van der Waals surface area contributed by atoms with Crippen molar-refractivity contribution in [2.24, 2.45) is 0 Å². The van der Waals surface area contributed by atoms with Gasteiger partial charge in [0, 0.05) is 25.1 Å². The van der Waals surface area contributed by atoms with Crippen LogP contribution in [0.5, 0.6) is 0 Å². The van der Waals surface area contributed by atoms with Gasteiger partial charge in [0.1, 0.15) is 5.82 Å². The molecule has 124 valence electrons. The lowest BCUT2D eigenvalue weighted by Gasteiger charge is -2.14. The van der Waals surface area contributed by atoms with Gasteiger partial charge in [-0.25, -0.2) is 4.68 Å². The summed E-state index contributed by atoms with van der Waals surface area (Å²) < 4.78 is 46.5. The van der Waals surface area contributed by atoms with E-state index in [0.29, 0.717) is 32.0 Å². The number of hydrogen-bond donors (Lipinski definition) is 1. The first-order valence-electron chi connectivity index (χ1n) is 7.61. The van der Waals surface area contributed by atoms with Crippen LogP contribution >= 0.6 is 0 Å². The molecule has 1 N–H and O–H groups in total. The summed E-state index contributed by atoms with van der Waals surface area (Å²) in [5, 5.41) is 7.57. The summed E-state index contributed by atoms with van der Waals surface area (Å²) in [7, 11) is 0. The predicted octanol–water partition coefficient (Wildman–Crippen LogP) is 3.44. The number of anilines is 1. The molecular formula is C16H18F3N3O. The number of rotatable bonds is 5. The molecule has 0 unspecified atom stereocenters. The van der Waals surface area contributed by atoms with Crippen LogP contribution in [0.25, 0.3) is 5.69 Å². The molecule has 7 heteroatoms. The largest absolute Gasteiger partial charge is 0.418 e. The van der Waals surface area contributed by atoms with Gasteiger partial charge in [-0.05, 0) is 25.5 Å². The lowest BCUT2D eigenvalue weighted by atomic mass is 10.1. The van der Waals surface area contributed by atoms with Crippen molar-refractivity contribution in [3.05, 3.63) is 41.1 Å². The Morgan fingerprint density at radius 2 is 2.09 bits per heavy atom. The van der Waals surface area contributed by atoms with Gasteiger partial charge in [0.05, 0.1) is 23.6 Å². The molecule has 0 fully saturated rings. The van der Waals surface area contributed by atoms with Gasteiger partial charge in [-0.15, -0.1) is 0 Å². The van der Waals surface area contributed by atoms with E-state index in [9.17, 15) is 13.2 Å². The molecule has 0 aliphatic carbocycles. The van der Waals surface area contributed by atoms with Crippen LogP contribution in [-0.2, 0) is 23.8 Å². The number of hydrogen-bond acceptors (Lipinski definition) is 3. The van der Waals surface area contributed by atoms with Crippen LogP contribution in [0.1, 0.15) is 23.7 Å². The summed E-state index contributed by atoms with van der Waals surface area (Å²) in [6, 6.07) is 5.51. The highest BCUT2D eigenvalue weighted by atomic mass is 19.4. The lowest BCUT2D eigenvalue weighted by Crippen LogP contribution is -2.13. The van der Waals surface area contributed by atoms with Crippen LogP contribution in [-0.4, -0.2) is 29.5 Å². The van der Waals surface area contributed by atoms with Crippen molar-refractivity contribution in [3.8, 4) is 5.69 Å². The van der Waals surface area contributed by atoms with Crippen molar-refractivity contribution in [2.75, 3.05) is 25.1 Å². The second-order valence-electron chi connectivity index (χ2n) is 5.32. The van der Waals surface area contributed by atoms with E-state index in [-0.39, 0.29) is 5.69 Å². The van der Waals surface area contributed by atoms with Gasteiger partial charge >= 0.3 is 6.18 Å². The number of benzene rings is 1. The third-order valence-electron chi connectivity index (χ3n) is 3.86. The van der Waals surface area contributed by atoms with Crippen LogP contribution in [0.15, 0.2) is 24.3 Å². The number of aromatic nitrogens is 2. The zero-order valence-electron chi connectivity index (χ0n) is 12.8. The highest BCUT2D eigenvalue weighted by Crippen LogP contribution is 2.36. The Morgan fingerprint density at radius 3 is 2.83 bits per heavy atom. The summed E-state index contributed by atoms with van der Waals surface area (Å²) in [4.78, 5) is 0. The molecule has 3 rings (SSSR count). The van der Waals surface area contributed by atoms with E-state index in [0.717, 1.165) is 23.7 Å². The molecule has 0 spiro atoms. The molecule has 0 bridgehead atoms. The van der Waals surface area contributed by atoms with Crippen LogP contribution < -0.4 is 5.32 Å². The normalized spacial score (nSPS) is 13.9. The van der Waals surface area contributed by atoms with Crippen molar-refractivity contribution < 1.29 is 17.9 Å². The van der Waals surface area contributed by atoms with E-state index in [1.165, 1.54) is 16.8 Å². The van der Waals surface area contributed by atoms with Crippen molar-refractivity contribution >= 4 is 5.82 Å². The molecule has 0 atom stereocenters. The third kappa shape index (κ3) is 3.06. The number of para-hydroxylation sites is 1. The first-order valence-corrected chi connectivity index (χ1v) is 7.61. The second-order valence-corrected chi connectivity index (χ2v) is 5.32. The van der Waals surface area contributed by atoms with Crippen molar-refractivity contribution in [2.45, 2.75) is 25.9 Å². The number of fused-ring (bicyclic) bond motifs is 1. The van der Waals surface area contributed by atoms with E-state index in [1.807, 2.05) is 6.92 Å². The number of nitrogens with one attached hydrogen (secondary N) is 1. The van der Waals surface area contributed by atoms with Crippen LogP contribution in [0.2, 0.25) is 0 Å². The smallest absolute Gasteiger partial charge is 0.381 e. The minimum absolute atomic E-state index is 0.0494. The fourth-order valence-corrected chi connectivity index (χ4v) is 2.83. The fourth-order valence-electron chi connectivity index (χ4n) is 2.83. The van der Waals surface area contributed by atoms with Gasteiger partial charge in [0.25, 0.3) is 0 Å². The molecule has 2 aromatic rings. The van der Waals surface area contributed by atoms with E-state index in [1.54, 1.807) is 6.07 Å². The molecular weight excluding hydrogens is 307 g/mol. The summed E-state index contributed by atoms with van der Waals surface area (Å²) in [6.45, 7) is 3.74. The average molecular weight is 325 g/mol. The molecule has 1 aromatic carbocycles. The number of alkyl halides is 3. The van der Waals surface area contributed by atoms with Gasteiger partial charge < -0.3 is 10.1 Å². The quantitative estimate of drug-likeness (QED) is 0.856. The first kappa shape index (κ1) is 15.9. The van der Waals surface area contributed by atoms with Crippen molar-refractivity contribution in [3.63, 3.8) is 0 Å². The van der Waals surface area contributed by atoms with E-state index < -0.39 is 11.7 Å². The zero-order valence-corrected chi connectivity index (χ0v) is 12.8. The molecule has 1 aromatic heterocycles. The molecule has 2 heterocycles. The number of ether oxygens (including phenoxy) is 1. The summed E-state index contributed by atoms with van der Waals surface area (Å²) >= 11 is 0. The van der Waals surface area contributed by atoms with E-state index in [2.05, 4.69) is 10.4 Å². The fraction of sp³-hybridized carbons (Fsp3) is 0.438. The van der Waals surface area contributed by atoms with E-state index in [4.69, 9.17) is 4.74 Å². The van der Waals surface area contributed by atoms with Crippen LogP contribution in [0.4, 0.5) is 19.0 Å². The summed E-state index contributed by atoms with van der Waals surface area (Å²) in [6.07, 6.45) is -3.05. The predicted molar refractivity (Wildman–Crippen MR) is 81.0 cm³/mol. The maximum Gasteiger partial charge on any atom is 0.418 e. The average Bonchev–Trinajstić information content (AvgIpc) is 3.10. The molecule has 0 saturated carbocycles. The van der Waals surface area contributed by atoms with Crippen molar-refractivity contribution in [1.29, 1.82) is 0 Å². The Labute approximate surface area is 132 Å². The standard InChI is InChI=1S/C16H18F3N3O/c1-2-23-10-8-13-11-7-9-20-15(11)22(21-13)14-6-4-3-5-12(14)16(17,18)19/h3-6,20H,2,7-10H2,1H3. The first-order chi connectivity index (χ1) is 11.0. The molecule has 0 amide bonds. The number of halogens is 3. The van der Waals surface area contributed by atoms with Crippen molar-refractivity contribution in [1.82, 2.24) is 9.78 Å². The maximum absolute atomic E-state index is 13.3. The Morgan fingerprint density at radius 1 is 1.30 bits per heavy atom. The SMILES string of the molecule is CCOCCc1nn(-c2ccccc2C(F)(F)F)c2c1CCN2. The van der Waals surface area contributed by atoms with E-state index >= 15 is 0 Å². The van der Waals surface area contributed by atoms with Gasteiger partial charge in [0.15, 0.2) is 0 Å². The summed E-state index contributed by atoms with van der Waals surface area (Å²) in [5.41, 5.74) is 1.15. The number of nitrogens with zero attached hydrogens (tertiary/aromatic N) is 2. The molecule has 1 aliphatic heterocycles. The highest BCUT2D eigenvalue weighted by Gasteiger charge is 2.35. The van der Waals surface area contributed by atoms with Gasteiger partial charge in [-0.2, -0.15) is 18.3 Å². The minimum atomic E-state index is -4.42. The molecule has 0 saturated heterocycles.